The summed E-state index contributed by atoms with van der Waals surface area (Å²) in [5.74, 6) is 1.42. The Balaban J connectivity index is 1.52. The topological polar surface area (TPSA) is 69.9 Å². The lowest BCUT2D eigenvalue weighted by Gasteiger charge is -2.22. The van der Waals surface area contributed by atoms with Crippen LogP contribution in [-0.4, -0.2) is 15.3 Å². The monoisotopic (exact) mass is 528 g/mol. The second-order valence-corrected chi connectivity index (χ2v) is 10.6. The normalized spacial score (nSPS) is 13.4. The Hall–Kier alpha value is -4.70. The highest BCUT2D eigenvalue weighted by Gasteiger charge is 2.20. The molecule has 40 heavy (non-hydrogen) atoms. The van der Waals surface area contributed by atoms with Crippen molar-refractivity contribution in [2.45, 2.75) is 38.7 Å². The molecule has 0 unspecified atom stereocenters. The molecule has 8 bridgehead atoms. The van der Waals surface area contributed by atoms with Crippen LogP contribution < -0.4 is 4.74 Å². The maximum absolute atomic E-state index is 11.3. The van der Waals surface area contributed by atoms with Crippen molar-refractivity contribution in [3.8, 4) is 23.0 Å². The molecule has 0 aromatic heterocycles. The van der Waals surface area contributed by atoms with Crippen molar-refractivity contribution in [2.75, 3.05) is 0 Å². The van der Waals surface area contributed by atoms with Gasteiger partial charge in [-0.25, -0.2) is 0 Å². The van der Waals surface area contributed by atoms with E-state index in [-0.39, 0.29) is 23.4 Å². The van der Waals surface area contributed by atoms with E-state index < -0.39 is 0 Å². The fourth-order valence-electron chi connectivity index (χ4n) is 5.65. The van der Waals surface area contributed by atoms with Gasteiger partial charge in [-0.15, -0.1) is 0 Å². The lowest BCUT2D eigenvalue weighted by atomic mass is 9.91. The average molecular weight is 529 g/mol. The van der Waals surface area contributed by atoms with E-state index in [1.807, 2.05) is 97.9 Å². The van der Waals surface area contributed by atoms with Crippen LogP contribution in [-0.2, 0) is 25.7 Å². The smallest absolute Gasteiger partial charge is 0.127 e. The SMILES string of the molecule is C[C@H](Oc1c2cccc1Cc1cccc(c1O)Cc1cccc(c1O)Cc1cccc(c1O)C2)c1ccccc1. The summed E-state index contributed by atoms with van der Waals surface area (Å²) in [4.78, 5) is 0. The van der Waals surface area contributed by atoms with Crippen LogP contribution in [0.15, 0.2) is 103 Å². The zero-order valence-electron chi connectivity index (χ0n) is 22.5. The van der Waals surface area contributed by atoms with Crippen molar-refractivity contribution < 1.29 is 20.1 Å². The van der Waals surface area contributed by atoms with Crippen molar-refractivity contribution in [1.29, 1.82) is 0 Å². The molecule has 0 spiro atoms. The Morgan fingerprint density at radius 3 is 1.15 bits per heavy atom. The maximum Gasteiger partial charge on any atom is 0.127 e. The number of phenolic OH excluding ortho intramolecular Hbond substituents is 3. The van der Waals surface area contributed by atoms with E-state index in [0.717, 1.165) is 55.8 Å². The first-order chi connectivity index (χ1) is 19.5. The van der Waals surface area contributed by atoms with Crippen LogP contribution in [0.4, 0.5) is 0 Å². The summed E-state index contributed by atoms with van der Waals surface area (Å²) >= 11 is 0. The van der Waals surface area contributed by atoms with Crippen LogP contribution in [0.5, 0.6) is 23.0 Å². The Bertz CT molecular complexity index is 1580. The van der Waals surface area contributed by atoms with Crippen molar-refractivity contribution in [1.82, 2.24) is 0 Å². The molecule has 4 nitrogen and oxygen atoms in total. The van der Waals surface area contributed by atoms with Gasteiger partial charge in [0.15, 0.2) is 0 Å². The molecule has 3 N–H and O–H groups in total. The Morgan fingerprint density at radius 2 is 0.775 bits per heavy atom. The van der Waals surface area contributed by atoms with Gasteiger partial charge in [0.2, 0.25) is 0 Å². The largest absolute Gasteiger partial charge is 0.507 e. The van der Waals surface area contributed by atoms with Crippen molar-refractivity contribution in [3.05, 3.63) is 153 Å². The van der Waals surface area contributed by atoms with E-state index in [2.05, 4.69) is 12.1 Å². The van der Waals surface area contributed by atoms with E-state index in [0.29, 0.717) is 25.7 Å². The summed E-state index contributed by atoms with van der Waals surface area (Å²) in [5.41, 5.74) is 7.53. The lowest BCUT2D eigenvalue weighted by Crippen LogP contribution is -2.08. The Labute approximate surface area is 234 Å². The number of hydrogen-bond donors (Lipinski definition) is 3. The molecule has 0 amide bonds. The Kier molecular flexibility index (Phi) is 6.91. The minimum atomic E-state index is -0.195. The summed E-state index contributed by atoms with van der Waals surface area (Å²) in [7, 11) is 0. The molecule has 200 valence electrons. The quantitative estimate of drug-likeness (QED) is 0.221. The van der Waals surface area contributed by atoms with Gasteiger partial charge in [-0.1, -0.05) is 103 Å². The van der Waals surface area contributed by atoms with Gasteiger partial charge in [0.1, 0.15) is 29.1 Å². The minimum absolute atomic E-state index is 0.194. The second-order valence-electron chi connectivity index (χ2n) is 10.6. The number of hydrogen-bond acceptors (Lipinski definition) is 4. The zero-order valence-corrected chi connectivity index (χ0v) is 22.5. The molecule has 1 aliphatic carbocycles. The highest BCUT2D eigenvalue weighted by atomic mass is 16.5. The van der Waals surface area contributed by atoms with Gasteiger partial charge >= 0.3 is 0 Å². The lowest BCUT2D eigenvalue weighted by molar-refractivity contribution is 0.223. The van der Waals surface area contributed by atoms with Crippen LogP contribution in [0.2, 0.25) is 0 Å². The number of fused-ring (bicyclic) bond motifs is 8. The van der Waals surface area contributed by atoms with Crippen molar-refractivity contribution >= 4 is 0 Å². The van der Waals surface area contributed by atoms with Crippen LogP contribution >= 0.6 is 0 Å². The molecular formula is C36H32O4. The van der Waals surface area contributed by atoms with E-state index >= 15 is 0 Å². The summed E-state index contributed by atoms with van der Waals surface area (Å²) in [6, 6.07) is 33.5. The minimum Gasteiger partial charge on any atom is -0.507 e. The number of aromatic hydroxyl groups is 3. The van der Waals surface area contributed by atoms with E-state index in [1.165, 1.54) is 0 Å². The predicted octanol–water partition coefficient (Wildman–Crippen LogP) is 7.62. The summed E-state index contributed by atoms with van der Waals surface area (Å²) in [6.45, 7) is 2.04. The van der Waals surface area contributed by atoms with Crippen molar-refractivity contribution in [2.24, 2.45) is 0 Å². The van der Waals surface area contributed by atoms with Gasteiger partial charge < -0.3 is 20.1 Å². The van der Waals surface area contributed by atoms with Crippen LogP contribution in [0.1, 0.15) is 63.1 Å². The molecule has 1 aliphatic rings. The second kappa shape index (κ2) is 10.8. The molecular weight excluding hydrogens is 496 g/mol. The van der Waals surface area contributed by atoms with Crippen LogP contribution in [0.25, 0.3) is 0 Å². The van der Waals surface area contributed by atoms with Gasteiger partial charge in [-0.2, -0.15) is 0 Å². The fourth-order valence-corrected chi connectivity index (χ4v) is 5.65. The van der Waals surface area contributed by atoms with Gasteiger partial charge in [0.05, 0.1) is 0 Å². The third-order valence-corrected chi connectivity index (χ3v) is 7.87. The molecule has 1 atom stereocenters. The van der Waals surface area contributed by atoms with Crippen LogP contribution in [0, 0.1) is 0 Å². The van der Waals surface area contributed by atoms with Gasteiger partial charge in [0.25, 0.3) is 0 Å². The molecule has 0 heterocycles. The first-order valence-electron chi connectivity index (χ1n) is 13.7. The Morgan fingerprint density at radius 1 is 0.450 bits per heavy atom. The number of phenols is 3. The number of ether oxygens (including phenoxy) is 1. The first-order valence-corrected chi connectivity index (χ1v) is 13.7. The molecule has 5 aromatic rings. The summed E-state index contributed by atoms with van der Waals surface area (Å²) < 4.78 is 6.69. The van der Waals surface area contributed by atoms with E-state index in [4.69, 9.17) is 4.74 Å². The molecule has 6 rings (SSSR count). The molecule has 0 saturated heterocycles. The predicted molar refractivity (Wildman–Crippen MR) is 157 cm³/mol. The molecule has 4 heteroatoms. The number of rotatable bonds is 3. The zero-order chi connectivity index (χ0) is 27.6. The van der Waals surface area contributed by atoms with Crippen molar-refractivity contribution in [3.63, 3.8) is 0 Å². The van der Waals surface area contributed by atoms with Gasteiger partial charge in [-0.05, 0) is 57.0 Å². The summed E-state index contributed by atoms with van der Waals surface area (Å²) in [6.07, 6.45) is 1.53. The summed E-state index contributed by atoms with van der Waals surface area (Å²) in [5, 5.41) is 33.8. The third kappa shape index (κ3) is 5.01. The number of para-hydroxylation sites is 4. The standard InChI is InChI=1S/C36H32O4/c1-23(24-9-3-2-4-10-24)40-36-31-17-8-18-32(36)22-30-16-7-14-28(35(30)39)20-26-12-5-11-25(33(26)37)19-27-13-6-15-29(21-31)34(27)38/h2-18,23,37-39H,19-22H2,1H3/t23-/m0/s1. The molecule has 0 radical (unpaired) electrons. The fraction of sp³-hybridized carbons (Fsp3) is 0.167. The molecule has 0 saturated carbocycles. The average Bonchev–Trinajstić information content (AvgIpc) is 2.96. The van der Waals surface area contributed by atoms with Gasteiger partial charge in [-0.3, -0.25) is 0 Å². The highest BCUT2D eigenvalue weighted by Crippen LogP contribution is 2.38. The van der Waals surface area contributed by atoms with Crippen LogP contribution in [0.3, 0.4) is 0 Å². The molecule has 0 aliphatic heterocycles. The maximum atomic E-state index is 11.3. The highest BCUT2D eigenvalue weighted by molar-refractivity contribution is 5.55. The third-order valence-electron chi connectivity index (χ3n) is 7.87. The van der Waals surface area contributed by atoms with Gasteiger partial charge in [0, 0.05) is 25.7 Å². The first kappa shape index (κ1) is 25.6. The number of benzene rings is 5. The molecule has 0 fully saturated rings. The van der Waals surface area contributed by atoms with E-state index in [9.17, 15) is 15.3 Å². The van der Waals surface area contributed by atoms with E-state index in [1.54, 1.807) is 0 Å². The molecule has 5 aromatic carbocycles.